The van der Waals surface area contributed by atoms with E-state index < -0.39 is 11.6 Å². The van der Waals surface area contributed by atoms with Crippen LogP contribution in [0.1, 0.15) is 5.56 Å². The molecule has 0 saturated heterocycles. The maximum Gasteiger partial charge on any atom is 0.130 e. The summed E-state index contributed by atoms with van der Waals surface area (Å²) in [6.45, 7) is 1.45. The zero-order valence-corrected chi connectivity index (χ0v) is 11.5. The average molecular weight is 308 g/mol. The third-order valence-corrected chi connectivity index (χ3v) is 2.90. The maximum absolute atomic E-state index is 13.4. The number of hydrogen-bond acceptors (Lipinski definition) is 2. The van der Waals surface area contributed by atoms with Crippen LogP contribution in [0, 0.1) is 11.6 Å². The second-order valence-corrected chi connectivity index (χ2v) is 5.24. The molecule has 1 rings (SSSR count). The summed E-state index contributed by atoms with van der Waals surface area (Å²) in [6.07, 6.45) is 0. The first-order valence-corrected chi connectivity index (χ1v) is 6.20. The van der Waals surface area contributed by atoms with Crippen LogP contribution in [-0.4, -0.2) is 37.0 Å². The largest absolute Gasteiger partial charge is 0.383 e. The highest BCUT2D eigenvalue weighted by Gasteiger charge is 2.13. The molecular formula is C12H16BrF2NO. The van der Waals surface area contributed by atoms with E-state index in [1.807, 2.05) is 11.9 Å². The second kappa shape index (κ2) is 7.03. The Labute approximate surface area is 109 Å². The molecule has 96 valence electrons. The molecule has 0 saturated carbocycles. The van der Waals surface area contributed by atoms with Crippen molar-refractivity contribution in [1.82, 2.24) is 4.90 Å². The summed E-state index contributed by atoms with van der Waals surface area (Å²) in [6, 6.07) is 3.91. The molecule has 1 unspecified atom stereocenters. The SMILES string of the molecule is COCC(Br)CN(C)Cc1c(F)cccc1F. The van der Waals surface area contributed by atoms with Gasteiger partial charge in [-0.15, -0.1) is 0 Å². The lowest BCUT2D eigenvalue weighted by Crippen LogP contribution is -2.28. The van der Waals surface area contributed by atoms with Crippen LogP contribution in [0.25, 0.3) is 0 Å². The number of benzene rings is 1. The summed E-state index contributed by atoms with van der Waals surface area (Å²) in [5, 5.41) is 0. The van der Waals surface area contributed by atoms with Gasteiger partial charge in [0.25, 0.3) is 0 Å². The molecular weight excluding hydrogens is 292 g/mol. The molecule has 1 aromatic carbocycles. The van der Waals surface area contributed by atoms with E-state index >= 15 is 0 Å². The summed E-state index contributed by atoms with van der Waals surface area (Å²) in [5.41, 5.74) is 0.104. The summed E-state index contributed by atoms with van der Waals surface area (Å²) in [5.74, 6) is -1.01. The lowest BCUT2D eigenvalue weighted by atomic mass is 10.2. The molecule has 0 aromatic heterocycles. The fraction of sp³-hybridized carbons (Fsp3) is 0.500. The molecule has 0 bridgehead atoms. The van der Waals surface area contributed by atoms with Crippen molar-refractivity contribution in [3.8, 4) is 0 Å². The van der Waals surface area contributed by atoms with Crippen LogP contribution >= 0.6 is 15.9 Å². The number of nitrogens with zero attached hydrogens (tertiary/aromatic N) is 1. The molecule has 0 fully saturated rings. The highest BCUT2D eigenvalue weighted by Crippen LogP contribution is 2.14. The molecule has 0 amide bonds. The molecule has 0 N–H and O–H groups in total. The normalized spacial score (nSPS) is 13.1. The predicted molar refractivity (Wildman–Crippen MR) is 67.3 cm³/mol. The fourth-order valence-electron chi connectivity index (χ4n) is 1.59. The highest BCUT2D eigenvalue weighted by molar-refractivity contribution is 9.09. The molecule has 17 heavy (non-hydrogen) atoms. The second-order valence-electron chi connectivity index (χ2n) is 3.95. The zero-order valence-electron chi connectivity index (χ0n) is 9.92. The number of methoxy groups -OCH3 is 1. The molecule has 1 aromatic rings. The molecule has 0 spiro atoms. The smallest absolute Gasteiger partial charge is 0.130 e. The monoisotopic (exact) mass is 307 g/mol. The van der Waals surface area contributed by atoms with E-state index in [0.29, 0.717) is 13.2 Å². The molecule has 2 nitrogen and oxygen atoms in total. The Morgan fingerprint density at radius 3 is 2.47 bits per heavy atom. The summed E-state index contributed by atoms with van der Waals surface area (Å²) < 4.78 is 31.8. The van der Waals surface area contributed by atoms with Gasteiger partial charge in [0.2, 0.25) is 0 Å². The van der Waals surface area contributed by atoms with Crippen LogP contribution in [0.5, 0.6) is 0 Å². The van der Waals surface area contributed by atoms with Gasteiger partial charge < -0.3 is 9.64 Å². The molecule has 5 heteroatoms. The van der Waals surface area contributed by atoms with E-state index in [0.717, 1.165) is 0 Å². The Bertz CT molecular complexity index is 342. The van der Waals surface area contributed by atoms with Gasteiger partial charge in [-0.1, -0.05) is 22.0 Å². The van der Waals surface area contributed by atoms with E-state index in [4.69, 9.17) is 4.74 Å². The predicted octanol–water partition coefficient (Wildman–Crippen LogP) is 2.81. The van der Waals surface area contributed by atoms with E-state index in [9.17, 15) is 8.78 Å². The highest BCUT2D eigenvalue weighted by atomic mass is 79.9. The Kier molecular flexibility index (Phi) is 6.02. The number of ether oxygens (including phenoxy) is 1. The van der Waals surface area contributed by atoms with Gasteiger partial charge in [-0.2, -0.15) is 0 Å². The van der Waals surface area contributed by atoms with E-state index in [2.05, 4.69) is 15.9 Å². The van der Waals surface area contributed by atoms with Crippen molar-refractivity contribution >= 4 is 15.9 Å². The first-order chi connectivity index (χ1) is 8.04. The lowest BCUT2D eigenvalue weighted by Gasteiger charge is -2.20. The van der Waals surface area contributed by atoms with Crippen LogP contribution in [0.3, 0.4) is 0 Å². The van der Waals surface area contributed by atoms with Gasteiger partial charge in [0, 0.05) is 25.8 Å². The van der Waals surface area contributed by atoms with E-state index in [-0.39, 0.29) is 16.9 Å². The topological polar surface area (TPSA) is 12.5 Å². The third-order valence-electron chi connectivity index (χ3n) is 2.35. The summed E-state index contributed by atoms with van der Waals surface area (Å²) in [7, 11) is 3.43. The van der Waals surface area contributed by atoms with Crippen LogP contribution in [0.2, 0.25) is 0 Å². The third kappa shape index (κ3) is 4.69. The Balaban J connectivity index is 2.59. The van der Waals surface area contributed by atoms with Gasteiger partial charge in [0.15, 0.2) is 0 Å². The van der Waals surface area contributed by atoms with Crippen LogP contribution < -0.4 is 0 Å². The molecule has 0 aliphatic rings. The number of rotatable bonds is 6. The summed E-state index contributed by atoms with van der Waals surface area (Å²) in [4.78, 5) is 1.99. The van der Waals surface area contributed by atoms with Gasteiger partial charge in [0.05, 0.1) is 11.4 Å². The van der Waals surface area contributed by atoms with Gasteiger partial charge in [-0.05, 0) is 19.2 Å². The molecule has 0 aliphatic carbocycles. The van der Waals surface area contributed by atoms with Crippen molar-refractivity contribution in [2.45, 2.75) is 11.4 Å². The molecule has 1 atom stereocenters. The first kappa shape index (κ1) is 14.5. The molecule has 0 radical (unpaired) electrons. The average Bonchev–Trinajstić information content (AvgIpc) is 2.24. The standard InChI is InChI=1S/C12H16BrF2NO/c1-16(6-9(13)8-17-2)7-10-11(14)4-3-5-12(10)15/h3-5,9H,6-8H2,1-2H3. The quantitative estimate of drug-likeness (QED) is 0.749. The van der Waals surface area contributed by atoms with Crippen molar-refractivity contribution in [3.05, 3.63) is 35.4 Å². The minimum absolute atomic E-state index is 0.104. The van der Waals surface area contributed by atoms with Crippen molar-refractivity contribution in [2.75, 3.05) is 27.3 Å². The number of halogens is 3. The van der Waals surface area contributed by atoms with Crippen LogP contribution in [-0.2, 0) is 11.3 Å². The fourth-order valence-corrected chi connectivity index (χ4v) is 2.35. The van der Waals surface area contributed by atoms with E-state index in [1.165, 1.54) is 18.2 Å². The molecule has 0 aliphatic heterocycles. The minimum atomic E-state index is -0.505. The van der Waals surface area contributed by atoms with Gasteiger partial charge >= 0.3 is 0 Å². The van der Waals surface area contributed by atoms with Crippen molar-refractivity contribution in [3.63, 3.8) is 0 Å². The first-order valence-electron chi connectivity index (χ1n) is 5.29. The zero-order chi connectivity index (χ0) is 12.8. The number of alkyl halides is 1. The lowest BCUT2D eigenvalue weighted by molar-refractivity contribution is 0.184. The Morgan fingerprint density at radius 2 is 1.94 bits per heavy atom. The van der Waals surface area contributed by atoms with Crippen molar-refractivity contribution < 1.29 is 13.5 Å². The minimum Gasteiger partial charge on any atom is -0.383 e. The Hall–Kier alpha value is -0.520. The van der Waals surface area contributed by atoms with Gasteiger partial charge in [0.1, 0.15) is 11.6 Å². The molecule has 0 heterocycles. The van der Waals surface area contributed by atoms with E-state index in [1.54, 1.807) is 7.11 Å². The van der Waals surface area contributed by atoms with Crippen molar-refractivity contribution in [2.24, 2.45) is 0 Å². The van der Waals surface area contributed by atoms with Gasteiger partial charge in [-0.25, -0.2) is 8.78 Å². The summed E-state index contributed by atoms with van der Waals surface area (Å²) >= 11 is 3.43. The van der Waals surface area contributed by atoms with Crippen LogP contribution in [0.15, 0.2) is 18.2 Å². The van der Waals surface area contributed by atoms with Crippen LogP contribution in [0.4, 0.5) is 8.78 Å². The number of hydrogen-bond donors (Lipinski definition) is 0. The van der Waals surface area contributed by atoms with Crippen molar-refractivity contribution in [1.29, 1.82) is 0 Å². The Morgan fingerprint density at radius 1 is 1.35 bits per heavy atom. The maximum atomic E-state index is 13.4. The van der Waals surface area contributed by atoms with Gasteiger partial charge in [-0.3, -0.25) is 0 Å².